The van der Waals surface area contributed by atoms with E-state index >= 15 is 0 Å². The second kappa shape index (κ2) is 10.7. The van der Waals surface area contributed by atoms with Gasteiger partial charge in [-0.15, -0.1) is 0 Å². The fraction of sp³-hybridized carbons (Fsp3) is 0.722. The summed E-state index contributed by atoms with van der Waals surface area (Å²) in [5, 5.41) is 22.9. The van der Waals surface area contributed by atoms with E-state index in [0.29, 0.717) is 19.4 Å². The van der Waals surface area contributed by atoms with Crippen LogP contribution in [0.1, 0.15) is 46.5 Å². The number of aliphatic carboxylic acids is 2. The number of carboxylic acid groups (broad SMARTS) is 2. The summed E-state index contributed by atoms with van der Waals surface area (Å²) >= 11 is 0. The Kier molecular flexibility index (Phi) is 9.02. The Morgan fingerprint density at radius 1 is 1.07 bits per heavy atom. The molecule has 0 radical (unpaired) electrons. The minimum Gasteiger partial charge on any atom is -0.481 e. The molecule has 29 heavy (non-hydrogen) atoms. The molecular formula is C18H30N4O7. The van der Waals surface area contributed by atoms with E-state index < -0.39 is 53.8 Å². The molecule has 4 atom stereocenters. The highest BCUT2D eigenvalue weighted by Gasteiger charge is 2.37. The van der Waals surface area contributed by atoms with Gasteiger partial charge < -0.3 is 31.5 Å². The maximum Gasteiger partial charge on any atom is 0.326 e. The predicted octanol–water partition coefficient (Wildman–Crippen LogP) is -1.10. The van der Waals surface area contributed by atoms with Gasteiger partial charge in [-0.1, -0.05) is 13.8 Å². The molecule has 11 nitrogen and oxygen atoms in total. The topological polar surface area (TPSA) is 179 Å². The average molecular weight is 414 g/mol. The van der Waals surface area contributed by atoms with Crippen molar-refractivity contribution in [3.63, 3.8) is 0 Å². The fourth-order valence-corrected chi connectivity index (χ4v) is 3.11. The number of nitrogens with two attached hydrogens (primary N) is 1. The van der Waals surface area contributed by atoms with E-state index in [9.17, 15) is 29.1 Å². The molecule has 1 fully saturated rings. The summed E-state index contributed by atoms with van der Waals surface area (Å²) in [4.78, 5) is 60.4. The van der Waals surface area contributed by atoms with Gasteiger partial charge in [0.1, 0.15) is 18.1 Å². The number of rotatable bonds is 10. The Balaban J connectivity index is 2.71. The molecule has 11 heteroatoms. The number of likely N-dealkylation sites (tertiary alicyclic amines) is 1. The van der Waals surface area contributed by atoms with Gasteiger partial charge in [0.15, 0.2) is 0 Å². The lowest BCUT2D eigenvalue weighted by atomic mass is 10.0. The van der Waals surface area contributed by atoms with Crippen LogP contribution in [0.5, 0.6) is 0 Å². The van der Waals surface area contributed by atoms with Crippen LogP contribution < -0.4 is 16.4 Å². The van der Waals surface area contributed by atoms with Gasteiger partial charge in [0.2, 0.25) is 17.7 Å². The van der Waals surface area contributed by atoms with Gasteiger partial charge >= 0.3 is 11.9 Å². The molecule has 6 N–H and O–H groups in total. The molecule has 164 valence electrons. The maximum atomic E-state index is 12.6. The zero-order chi connectivity index (χ0) is 22.3. The van der Waals surface area contributed by atoms with Gasteiger partial charge in [0.05, 0.1) is 6.04 Å². The molecule has 0 saturated carbocycles. The molecule has 0 aromatic rings. The molecule has 0 aliphatic carbocycles. The van der Waals surface area contributed by atoms with Crippen molar-refractivity contribution in [2.45, 2.75) is 70.6 Å². The molecule has 0 aromatic heterocycles. The van der Waals surface area contributed by atoms with Crippen LogP contribution in [0.2, 0.25) is 0 Å². The van der Waals surface area contributed by atoms with Crippen LogP contribution in [0.3, 0.4) is 0 Å². The molecule has 0 aromatic carbocycles. The number of hydrogen-bond acceptors (Lipinski definition) is 6. The highest BCUT2D eigenvalue weighted by molar-refractivity contribution is 5.94. The summed E-state index contributed by atoms with van der Waals surface area (Å²) in [5.41, 5.74) is 5.67. The standard InChI is InChI=1S/C18H30N4O7/c1-9(2)14(21-15(25)11(19)6-7-13(23)24)16(26)20-10(3)17(27)22-8-4-5-12(22)18(28)29/h9-12,14H,4-8,19H2,1-3H3,(H,20,26)(H,21,25)(H,23,24)(H,28,29). The van der Waals surface area contributed by atoms with E-state index in [-0.39, 0.29) is 18.8 Å². The van der Waals surface area contributed by atoms with Crippen LogP contribution in [0.15, 0.2) is 0 Å². The first-order valence-corrected chi connectivity index (χ1v) is 9.57. The molecule has 1 rings (SSSR count). The van der Waals surface area contributed by atoms with Crippen LogP contribution in [0.25, 0.3) is 0 Å². The Labute approximate surface area is 169 Å². The summed E-state index contributed by atoms with van der Waals surface area (Å²) in [6, 6.07) is -3.95. The van der Waals surface area contributed by atoms with Crippen LogP contribution in [-0.2, 0) is 24.0 Å². The smallest absolute Gasteiger partial charge is 0.326 e. The number of carbonyl (C=O) groups excluding carboxylic acids is 3. The molecule has 0 spiro atoms. The quantitative estimate of drug-likeness (QED) is 0.299. The highest BCUT2D eigenvalue weighted by Crippen LogP contribution is 2.18. The fourth-order valence-electron chi connectivity index (χ4n) is 3.11. The van der Waals surface area contributed by atoms with E-state index in [1.54, 1.807) is 13.8 Å². The Morgan fingerprint density at radius 3 is 2.21 bits per heavy atom. The minimum absolute atomic E-state index is 0.0754. The van der Waals surface area contributed by atoms with Crippen molar-refractivity contribution in [2.75, 3.05) is 6.54 Å². The van der Waals surface area contributed by atoms with Crippen molar-refractivity contribution >= 4 is 29.7 Å². The van der Waals surface area contributed by atoms with Gasteiger partial charge in [-0.3, -0.25) is 19.2 Å². The molecule has 1 saturated heterocycles. The van der Waals surface area contributed by atoms with E-state index in [1.165, 1.54) is 11.8 Å². The first-order valence-electron chi connectivity index (χ1n) is 9.57. The zero-order valence-corrected chi connectivity index (χ0v) is 16.9. The number of amides is 3. The van der Waals surface area contributed by atoms with Crippen LogP contribution in [0, 0.1) is 5.92 Å². The lowest BCUT2D eigenvalue weighted by Crippen LogP contribution is -2.57. The molecule has 0 bridgehead atoms. The van der Waals surface area contributed by atoms with Gasteiger partial charge in [0.25, 0.3) is 0 Å². The number of carboxylic acids is 2. The van der Waals surface area contributed by atoms with Crippen LogP contribution in [0.4, 0.5) is 0 Å². The predicted molar refractivity (Wildman–Crippen MR) is 102 cm³/mol. The molecule has 1 aliphatic heterocycles. The van der Waals surface area contributed by atoms with Crippen molar-refractivity contribution < 1.29 is 34.2 Å². The summed E-state index contributed by atoms with van der Waals surface area (Å²) in [6.07, 6.45) is 0.580. The van der Waals surface area contributed by atoms with E-state index in [2.05, 4.69) is 10.6 Å². The first-order chi connectivity index (χ1) is 13.5. The number of nitrogens with zero attached hydrogens (tertiary/aromatic N) is 1. The average Bonchev–Trinajstić information content (AvgIpc) is 3.12. The van der Waals surface area contributed by atoms with Crippen molar-refractivity contribution in [1.29, 1.82) is 0 Å². The summed E-state index contributed by atoms with van der Waals surface area (Å²) in [7, 11) is 0. The first kappa shape index (κ1) is 24.3. The third-order valence-corrected chi connectivity index (χ3v) is 4.80. The Morgan fingerprint density at radius 2 is 1.69 bits per heavy atom. The lowest BCUT2D eigenvalue weighted by molar-refractivity contribution is -0.149. The zero-order valence-electron chi connectivity index (χ0n) is 16.9. The van der Waals surface area contributed by atoms with Crippen molar-refractivity contribution in [1.82, 2.24) is 15.5 Å². The summed E-state index contributed by atoms with van der Waals surface area (Å²) in [6.45, 7) is 5.15. The Hall–Kier alpha value is -2.69. The molecule has 1 aliphatic rings. The van der Waals surface area contributed by atoms with E-state index in [4.69, 9.17) is 10.8 Å². The number of carbonyl (C=O) groups is 5. The van der Waals surface area contributed by atoms with Gasteiger partial charge in [0, 0.05) is 13.0 Å². The largest absolute Gasteiger partial charge is 0.481 e. The van der Waals surface area contributed by atoms with Gasteiger partial charge in [-0.05, 0) is 32.1 Å². The van der Waals surface area contributed by atoms with Gasteiger partial charge in [-0.2, -0.15) is 0 Å². The van der Waals surface area contributed by atoms with Crippen molar-refractivity contribution in [3.05, 3.63) is 0 Å². The monoisotopic (exact) mass is 414 g/mol. The van der Waals surface area contributed by atoms with E-state index in [0.717, 1.165) is 0 Å². The molecular weight excluding hydrogens is 384 g/mol. The van der Waals surface area contributed by atoms with Crippen molar-refractivity contribution in [3.8, 4) is 0 Å². The lowest BCUT2D eigenvalue weighted by Gasteiger charge is -2.28. The van der Waals surface area contributed by atoms with E-state index in [1.807, 2.05) is 0 Å². The summed E-state index contributed by atoms with van der Waals surface area (Å²) in [5.74, 6) is -4.27. The second-order valence-corrected chi connectivity index (χ2v) is 7.53. The SMILES string of the molecule is CC(NC(=O)C(NC(=O)C(N)CCC(=O)O)C(C)C)C(=O)N1CCCC1C(=O)O. The molecule has 1 heterocycles. The highest BCUT2D eigenvalue weighted by atomic mass is 16.4. The minimum atomic E-state index is -1.09. The third kappa shape index (κ3) is 7.00. The maximum absolute atomic E-state index is 12.6. The number of nitrogens with one attached hydrogen (secondary N) is 2. The third-order valence-electron chi connectivity index (χ3n) is 4.80. The number of hydrogen-bond donors (Lipinski definition) is 5. The summed E-state index contributed by atoms with van der Waals surface area (Å²) < 4.78 is 0. The van der Waals surface area contributed by atoms with Crippen LogP contribution in [-0.4, -0.2) is 75.5 Å². The van der Waals surface area contributed by atoms with Crippen LogP contribution >= 0.6 is 0 Å². The van der Waals surface area contributed by atoms with Gasteiger partial charge in [-0.25, -0.2) is 4.79 Å². The second-order valence-electron chi connectivity index (χ2n) is 7.53. The Bertz CT molecular complexity index is 652. The van der Waals surface area contributed by atoms with Crippen molar-refractivity contribution in [2.24, 2.45) is 11.7 Å². The molecule has 3 amide bonds. The normalized spacial score (nSPS) is 19.3. The molecule has 4 unspecified atom stereocenters.